The highest BCUT2D eigenvalue weighted by molar-refractivity contribution is 14.1. The number of halogens is 1. The lowest BCUT2D eigenvalue weighted by molar-refractivity contribution is -0.141. The van der Waals surface area contributed by atoms with Gasteiger partial charge in [-0.3, -0.25) is 9.59 Å². The van der Waals surface area contributed by atoms with Gasteiger partial charge in [0.2, 0.25) is 5.91 Å². The van der Waals surface area contributed by atoms with Crippen molar-refractivity contribution in [3.8, 4) is 0 Å². The van der Waals surface area contributed by atoms with Crippen molar-refractivity contribution in [2.24, 2.45) is 5.92 Å². The summed E-state index contributed by atoms with van der Waals surface area (Å²) in [5, 5.41) is 8.97. The molecule has 2 rings (SSSR count). The summed E-state index contributed by atoms with van der Waals surface area (Å²) in [7, 11) is 1.30. The zero-order chi connectivity index (χ0) is 14.9. The number of carbonyl (C=O) groups excluding carboxylic acids is 2. The van der Waals surface area contributed by atoms with E-state index in [1.54, 1.807) is 18.2 Å². The number of hydrogen-bond acceptors (Lipinski definition) is 4. The Kier molecular flexibility index (Phi) is 4.26. The van der Waals surface area contributed by atoms with Crippen LogP contribution in [-0.4, -0.2) is 36.6 Å². The summed E-state index contributed by atoms with van der Waals surface area (Å²) in [6.07, 6.45) is 0.00413. The van der Waals surface area contributed by atoms with Gasteiger partial charge in [-0.2, -0.15) is 0 Å². The minimum absolute atomic E-state index is 0.00413. The molecule has 0 aromatic heterocycles. The Morgan fingerprint density at radius 3 is 2.65 bits per heavy atom. The van der Waals surface area contributed by atoms with Gasteiger partial charge in [-0.05, 0) is 40.8 Å². The number of nitrogens with zero attached hydrogens (tertiary/aromatic N) is 1. The van der Waals surface area contributed by atoms with Crippen LogP contribution in [0.25, 0.3) is 0 Å². The van der Waals surface area contributed by atoms with Gasteiger partial charge in [0.15, 0.2) is 0 Å². The van der Waals surface area contributed by atoms with Crippen molar-refractivity contribution < 1.29 is 24.2 Å². The molecule has 20 heavy (non-hydrogen) atoms. The summed E-state index contributed by atoms with van der Waals surface area (Å²) in [6, 6.07) is 4.81. The van der Waals surface area contributed by atoms with E-state index in [2.05, 4.69) is 4.74 Å². The fourth-order valence-electron chi connectivity index (χ4n) is 2.08. The second-order valence-electron chi connectivity index (χ2n) is 4.40. The predicted octanol–water partition coefficient (Wildman–Crippen LogP) is 1.52. The highest BCUT2D eigenvalue weighted by atomic mass is 127. The molecule has 1 atom stereocenters. The minimum atomic E-state index is -0.970. The molecule has 1 aliphatic rings. The zero-order valence-electron chi connectivity index (χ0n) is 10.6. The van der Waals surface area contributed by atoms with Crippen LogP contribution in [-0.2, 0) is 14.3 Å². The first-order chi connectivity index (χ1) is 9.43. The second kappa shape index (κ2) is 5.78. The van der Waals surface area contributed by atoms with Crippen LogP contribution in [0.1, 0.15) is 16.8 Å². The Hall–Kier alpha value is -1.64. The monoisotopic (exact) mass is 389 g/mol. The van der Waals surface area contributed by atoms with Crippen molar-refractivity contribution in [3.05, 3.63) is 27.3 Å². The molecule has 7 heteroatoms. The van der Waals surface area contributed by atoms with E-state index >= 15 is 0 Å². The van der Waals surface area contributed by atoms with Crippen molar-refractivity contribution in [2.45, 2.75) is 6.42 Å². The summed E-state index contributed by atoms with van der Waals surface area (Å²) >= 11 is 2.01. The number of amides is 1. The summed E-state index contributed by atoms with van der Waals surface area (Å²) in [4.78, 5) is 35.7. The largest absolute Gasteiger partial charge is 0.481 e. The molecule has 1 heterocycles. The Labute approximate surface area is 128 Å². The van der Waals surface area contributed by atoms with Gasteiger partial charge in [0, 0.05) is 16.5 Å². The van der Waals surface area contributed by atoms with E-state index in [1.165, 1.54) is 12.0 Å². The Balaban J connectivity index is 2.28. The molecule has 1 unspecified atom stereocenters. The van der Waals surface area contributed by atoms with Crippen LogP contribution in [0.3, 0.4) is 0 Å². The Bertz CT molecular complexity index is 586. The van der Waals surface area contributed by atoms with Gasteiger partial charge in [0.1, 0.15) is 0 Å². The van der Waals surface area contributed by atoms with E-state index < -0.39 is 17.9 Å². The number of ether oxygens (including phenoxy) is 1. The Morgan fingerprint density at radius 2 is 2.15 bits per heavy atom. The number of aliphatic carboxylic acids is 1. The first-order valence-electron chi connectivity index (χ1n) is 5.85. The van der Waals surface area contributed by atoms with E-state index in [0.29, 0.717) is 14.8 Å². The molecular formula is C13H12INO5. The molecular weight excluding hydrogens is 377 g/mol. The highest BCUT2D eigenvalue weighted by Crippen LogP contribution is 2.30. The van der Waals surface area contributed by atoms with Gasteiger partial charge < -0.3 is 14.7 Å². The van der Waals surface area contributed by atoms with Gasteiger partial charge >= 0.3 is 11.9 Å². The topological polar surface area (TPSA) is 83.9 Å². The van der Waals surface area contributed by atoms with E-state index in [0.717, 1.165) is 0 Å². The average molecular weight is 389 g/mol. The van der Waals surface area contributed by atoms with E-state index in [-0.39, 0.29) is 18.9 Å². The summed E-state index contributed by atoms with van der Waals surface area (Å²) in [6.45, 7) is 0.155. The van der Waals surface area contributed by atoms with Crippen LogP contribution in [0.4, 0.5) is 5.69 Å². The fraction of sp³-hybridized carbons (Fsp3) is 0.308. The number of carbonyl (C=O) groups is 3. The van der Waals surface area contributed by atoms with Crippen molar-refractivity contribution in [1.29, 1.82) is 0 Å². The molecule has 1 aliphatic heterocycles. The van der Waals surface area contributed by atoms with Crippen LogP contribution >= 0.6 is 22.6 Å². The van der Waals surface area contributed by atoms with Crippen molar-refractivity contribution >= 4 is 46.1 Å². The third-order valence-corrected chi connectivity index (χ3v) is 4.00. The molecule has 0 bridgehead atoms. The highest BCUT2D eigenvalue weighted by Gasteiger charge is 2.35. The molecule has 0 aliphatic carbocycles. The molecule has 0 spiro atoms. The molecule has 1 fully saturated rings. The number of esters is 1. The number of rotatable bonds is 3. The van der Waals surface area contributed by atoms with Crippen molar-refractivity contribution in [1.82, 2.24) is 0 Å². The van der Waals surface area contributed by atoms with E-state index in [1.807, 2.05) is 22.6 Å². The lowest BCUT2D eigenvalue weighted by atomic mass is 10.1. The third kappa shape index (κ3) is 2.77. The van der Waals surface area contributed by atoms with Crippen molar-refractivity contribution in [2.75, 3.05) is 18.6 Å². The molecule has 106 valence electrons. The maximum atomic E-state index is 11.9. The lowest BCUT2D eigenvalue weighted by Crippen LogP contribution is -2.26. The number of hydrogen-bond donors (Lipinski definition) is 1. The molecule has 0 saturated carbocycles. The second-order valence-corrected chi connectivity index (χ2v) is 5.56. The van der Waals surface area contributed by atoms with Crippen LogP contribution in [0.5, 0.6) is 0 Å². The third-order valence-electron chi connectivity index (χ3n) is 3.13. The summed E-state index contributed by atoms with van der Waals surface area (Å²) in [5.74, 6) is -2.33. The van der Waals surface area contributed by atoms with Crippen LogP contribution in [0.2, 0.25) is 0 Å². The molecule has 1 aromatic carbocycles. The van der Waals surface area contributed by atoms with Gasteiger partial charge in [-0.15, -0.1) is 0 Å². The maximum absolute atomic E-state index is 11.9. The van der Waals surface area contributed by atoms with Crippen LogP contribution < -0.4 is 4.90 Å². The normalized spacial score (nSPS) is 18.2. The van der Waals surface area contributed by atoms with E-state index in [9.17, 15) is 14.4 Å². The molecule has 6 nitrogen and oxygen atoms in total. The van der Waals surface area contributed by atoms with E-state index in [4.69, 9.17) is 5.11 Å². The molecule has 1 aromatic rings. The van der Waals surface area contributed by atoms with Crippen LogP contribution in [0.15, 0.2) is 18.2 Å². The number of methoxy groups -OCH3 is 1. The molecule has 0 radical (unpaired) electrons. The maximum Gasteiger partial charge on any atom is 0.337 e. The SMILES string of the molecule is COC(=O)c1ccc(N2CC(C(=O)O)CC2=O)c(I)c1. The zero-order valence-corrected chi connectivity index (χ0v) is 12.8. The molecule has 1 saturated heterocycles. The average Bonchev–Trinajstić information content (AvgIpc) is 2.80. The summed E-state index contributed by atoms with van der Waals surface area (Å²) in [5.41, 5.74) is 1.01. The van der Waals surface area contributed by atoms with Gasteiger partial charge in [0.05, 0.1) is 24.3 Å². The standard InChI is InChI=1S/C13H12INO5/c1-20-13(19)7-2-3-10(9(14)4-7)15-6-8(12(17)18)5-11(15)16/h2-4,8H,5-6H2,1H3,(H,17,18). The first-order valence-corrected chi connectivity index (χ1v) is 6.93. The first kappa shape index (κ1) is 14.8. The van der Waals surface area contributed by atoms with Gasteiger partial charge in [0.25, 0.3) is 0 Å². The molecule has 1 amide bonds. The van der Waals surface area contributed by atoms with Gasteiger partial charge in [-0.25, -0.2) is 4.79 Å². The molecule has 1 N–H and O–H groups in total. The van der Waals surface area contributed by atoms with Gasteiger partial charge in [-0.1, -0.05) is 0 Å². The van der Waals surface area contributed by atoms with Crippen LogP contribution in [0, 0.1) is 9.49 Å². The quantitative estimate of drug-likeness (QED) is 0.626. The fourth-order valence-corrected chi connectivity index (χ4v) is 2.88. The Morgan fingerprint density at radius 1 is 1.45 bits per heavy atom. The lowest BCUT2D eigenvalue weighted by Gasteiger charge is -2.18. The number of anilines is 1. The summed E-state index contributed by atoms with van der Waals surface area (Å²) < 4.78 is 5.32. The number of carboxylic acids is 1. The number of benzene rings is 1. The number of carboxylic acid groups (broad SMARTS) is 1. The smallest absolute Gasteiger partial charge is 0.337 e. The predicted molar refractivity (Wildman–Crippen MR) is 78.6 cm³/mol. The minimum Gasteiger partial charge on any atom is -0.481 e. The van der Waals surface area contributed by atoms with Crippen molar-refractivity contribution in [3.63, 3.8) is 0 Å².